The zero-order chi connectivity index (χ0) is 38.9. The number of nitrogens with two attached hydrogens (primary N) is 1. The van der Waals surface area contributed by atoms with Crippen LogP contribution in [0, 0.1) is 0 Å². The van der Waals surface area contributed by atoms with Gasteiger partial charge in [0.25, 0.3) is 0 Å². The topological polar surface area (TPSA) is 134 Å². The van der Waals surface area contributed by atoms with Crippen LogP contribution in [0.15, 0.2) is 36.5 Å². The van der Waals surface area contributed by atoms with Crippen molar-refractivity contribution in [3.8, 4) is 0 Å². The van der Waals surface area contributed by atoms with Crippen molar-refractivity contribution in [1.29, 1.82) is 0 Å². The highest BCUT2D eigenvalue weighted by atomic mass is 31.2. The maximum Gasteiger partial charge on any atom is 0.472 e. The average Bonchev–Trinajstić information content (AvgIpc) is 3.14. The number of ether oxygens (including phenoxy) is 2. The molecule has 0 aliphatic rings. The largest absolute Gasteiger partial charge is 0.472 e. The van der Waals surface area contributed by atoms with E-state index in [4.69, 9.17) is 24.3 Å². The van der Waals surface area contributed by atoms with Crippen LogP contribution in [0.3, 0.4) is 0 Å². The number of rotatable bonds is 40. The second-order valence-corrected chi connectivity index (χ2v) is 15.7. The predicted molar refractivity (Wildman–Crippen MR) is 220 cm³/mol. The van der Waals surface area contributed by atoms with Crippen LogP contribution in [0.25, 0.3) is 0 Å². The van der Waals surface area contributed by atoms with Crippen LogP contribution in [0.4, 0.5) is 0 Å². The SMILES string of the molecule is CCCCC/C=C/C/C=C/CCCCCCCCCC(=O)OC[C@H](COP(=O)(O)OCCN)OC(=O)CCCCCCCCC/C=C/CCCCCC. The molecule has 0 saturated heterocycles. The summed E-state index contributed by atoms with van der Waals surface area (Å²) in [4.78, 5) is 34.8. The van der Waals surface area contributed by atoms with E-state index in [1.54, 1.807) is 0 Å². The van der Waals surface area contributed by atoms with E-state index in [1.807, 2.05) is 0 Å². The lowest BCUT2D eigenvalue weighted by atomic mass is 10.1. The molecule has 0 saturated carbocycles. The minimum Gasteiger partial charge on any atom is -0.462 e. The molecule has 9 nitrogen and oxygen atoms in total. The molecule has 0 fully saturated rings. The lowest BCUT2D eigenvalue weighted by Crippen LogP contribution is -2.29. The number of carbonyl (C=O) groups is 2. The number of hydrogen-bond donors (Lipinski definition) is 2. The summed E-state index contributed by atoms with van der Waals surface area (Å²) >= 11 is 0. The Morgan fingerprint density at radius 2 is 0.981 bits per heavy atom. The van der Waals surface area contributed by atoms with Gasteiger partial charge < -0.3 is 20.1 Å². The number of unbranched alkanes of at least 4 members (excludes halogenated alkanes) is 21. The third-order valence-corrected chi connectivity index (χ3v) is 9.98. The number of allylic oxidation sites excluding steroid dienone is 6. The van der Waals surface area contributed by atoms with Gasteiger partial charge in [-0.3, -0.25) is 18.6 Å². The van der Waals surface area contributed by atoms with Crippen LogP contribution in [0.1, 0.15) is 194 Å². The standard InChI is InChI=1S/C43H80NO8P/c1-3-5-7-9-11-13-15-17-19-20-22-23-25-27-29-31-33-35-42(45)49-39-41(40-51-53(47,48)50-38-37-44)52-43(46)36-34-32-30-28-26-24-21-18-16-14-12-10-8-6-4-2/h11,13-14,16-17,19,41H,3-10,12,15,18,20-40,44H2,1-2H3,(H,47,48)/b13-11+,16-14+,19-17+/t41-/m1/s1. The van der Waals surface area contributed by atoms with Gasteiger partial charge in [-0.1, -0.05) is 147 Å². The van der Waals surface area contributed by atoms with E-state index >= 15 is 0 Å². The third-order valence-electron chi connectivity index (χ3n) is 9.00. The summed E-state index contributed by atoms with van der Waals surface area (Å²) in [6.07, 6.45) is 43.1. The van der Waals surface area contributed by atoms with Crippen LogP contribution in [-0.4, -0.2) is 49.3 Å². The summed E-state index contributed by atoms with van der Waals surface area (Å²) in [5.41, 5.74) is 5.34. The molecule has 0 spiro atoms. The normalized spacial score (nSPS) is 13.7. The number of hydrogen-bond acceptors (Lipinski definition) is 8. The highest BCUT2D eigenvalue weighted by Gasteiger charge is 2.26. The Morgan fingerprint density at radius 1 is 0.566 bits per heavy atom. The summed E-state index contributed by atoms with van der Waals surface area (Å²) in [5.74, 6) is -0.841. The van der Waals surface area contributed by atoms with Gasteiger partial charge in [-0.05, 0) is 70.6 Å². The first-order valence-corrected chi connectivity index (χ1v) is 23.0. The second-order valence-electron chi connectivity index (χ2n) is 14.2. The van der Waals surface area contributed by atoms with Crippen molar-refractivity contribution in [2.24, 2.45) is 5.73 Å². The highest BCUT2D eigenvalue weighted by Crippen LogP contribution is 2.43. The van der Waals surface area contributed by atoms with Crippen molar-refractivity contribution in [1.82, 2.24) is 0 Å². The van der Waals surface area contributed by atoms with Crippen LogP contribution < -0.4 is 5.73 Å². The van der Waals surface area contributed by atoms with Gasteiger partial charge in [-0.25, -0.2) is 4.57 Å². The smallest absolute Gasteiger partial charge is 0.462 e. The van der Waals surface area contributed by atoms with Crippen molar-refractivity contribution >= 4 is 19.8 Å². The molecule has 0 aromatic carbocycles. The van der Waals surface area contributed by atoms with Crippen molar-refractivity contribution in [3.63, 3.8) is 0 Å². The van der Waals surface area contributed by atoms with E-state index in [-0.39, 0.29) is 32.6 Å². The maximum absolute atomic E-state index is 12.6. The highest BCUT2D eigenvalue weighted by molar-refractivity contribution is 7.47. The molecular formula is C43H80NO8P. The van der Waals surface area contributed by atoms with Crippen molar-refractivity contribution < 1.29 is 37.6 Å². The van der Waals surface area contributed by atoms with Crippen molar-refractivity contribution in [2.45, 2.75) is 200 Å². The van der Waals surface area contributed by atoms with Gasteiger partial charge in [0.05, 0.1) is 13.2 Å². The van der Waals surface area contributed by atoms with E-state index in [0.29, 0.717) is 6.42 Å². The van der Waals surface area contributed by atoms with Gasteiger partial charge in [0.2, 0.25) is 0 Å². The summed E-state index contributed by atoms with van der Waals surface area (Å²) in [6.45, 7) is 3.68. The Balaban J connectivity index is 4.17. The molecule has 0 bridgehead atoms. The molecule has 0 aliphatic heterocycles. The van der Waals surface area contributed by atoms with Crippen LogP contribution in [0.5, 0.6) is 0 Å². The number of phosphoric acid groups is 1. The first-order chi connectivity index (χ1) is 25.8. The Kier molecular flexibility index (Phi) is 38.6. The first kappa shape index (κ1) is 51.2. The molecule has 1 unspecified atom stereocenters. The molecule has 3 N–H and O–H groups in total. The van der Waals surface area contributed by atoms with E-state index < -0.39 is 32.5 Å². The van der Waals surface area contributed by atoms with Crippen LogP contribution in [-0.2, 0) is 32.7 Å². The predicted octanol–water partition coefficient (Wildman–Crippen LogP) is 12.2. The fourth-order valence-electron chi connectivity index (χ4n) is 5.78. The van der Waals surface area contributed by atoms with Gasteiger partial charge in [0, 0.05) is 19.4 Å². The number of esters is 2. The lowest BCUT2D eigenvalue weighted by molar-refractivity contribution is -0.161. The molecule has 0 heterocycles. The molecule has 2 atom stereocenters. The molecule has 0 rings (SSSR count). The Morgan fingerprint density at radius 3 is 1.49 bits per heavy atom. The van der Waals surface area contributed by atoms with Gasteiger partial charge in [0.1, 0.15) is 6.61 Å². The van der Waals surface area contributed by atoms with Crippen LogP contribution >= 0.6 is 7.82 Å². The van der Waals surface area contributed by atoms with E-state index in [2.05, 4.69) is 50.3 Å². The third kappa shape index (κ3) is 39.7. The maximum atomic E-state index is 12.6. The van der Waals surface area contributed by atoms with Crippen molar-refractivity contribution in [3.05, 3.63) is 36.5 Å². The molecule has 0 aromatic heterocycles. The molecule has 0 aromatic rings. The Bertz CT molecular complexity index is 970. The van der Waals surface area contributed by atoms with Crippen LogP contribution in [0.2, 0.25) is 0 Å². The molecule has 0 radical (unpaired) electrons. The molecule has 0 aliphatic carbocycles. The van der Waals surface area contributed by atoms with Gasteiger partial charge in [-0.2, -0.15) is 0 Å². The summed E-state index contributed by atoms with van der Waals surface area (Å²) in [6, 6.07) is 0. The minimum atomic E-state index is -4.38. The van der Waals surface area contributed by atoms with E-state index in [9.17, 15) is 19.0 Å². The van der Waals surface area contributed by atoms with Gasteiger partial charge in [0.15, 0.2) is 6.10 Å². The Hall–Kier alpha value is -1.77. The minimum absolute atomic E-state index is 0.0513. The van der Waals surface area contributed by atoms with E-state index in [1.165, 1.54) is 96.3 Å². The molecule has 53 heavy (non-hydrogen) atoms. The number of carbonyl (C=O) groups excluding carboxylic acids is 2. The van der Waals surface area contributed by atoms with Crippen molar-refractivity contribution in [2.75, 3.05) is 26.4 Å². The second kappa shape index (κ2) is 39.9. The quantitative estimate of drug-likeness (QED) is 0.0270. The lowest BCUT2D eigenvalue weighted by Gasteiger charge is -2.19. The Labute approximate surface area is 324 Å². The zero-order valence-corrected chi connectivity index (χ0v) is 34.9. The van der Waals surface area contributed by atoms with Gasteiger partial charge in [-0.15, -0.1) is 0 Å². The monoisotopic (exact) mass is 770 g/mol. The first-order valence-electron chi connectivity index (χ1n) is 21.5. The summed E-state index contributed by atoms with van der Waals surface area (Å²) in [7, 11) is -4.38. The summed E-state index contributed by atoms with van der Waals surface area (Å²) in [5, 5.41) is 0. The molecular weight excluding hydrogens is 689 g/mol. The molecule has 10 heteroatoms. The molecule has 310 valence electrons. The summed E-state index contributed by atoms with van der Waals surface area (Å²) < 4.78 is 32.8. The molecule has 0 amide bonds. The zero-order valence-electron chi connectivity index (χ0n) is 34.0. The average molecular weight is 770 g/mol. The number of phosphoric ester groups is 1. The van der Waals surface area contributed by atoms with Gasteiger partial charge >= 0.3 is 19.8 Å². The fourth-order valence-corrected chi connectivity index (χ4v) is 6.54. The van der Waals surface area contributed by atoms with E-state index in [0.717, 1.165) is 64.2 Å². The fraction of sp³-hybridized carbons (Fsp3) is 0.814.